The minimum Gasteiger partial charge on any atom is -0.379 e. The number of hydrogen-bond donors (Lipinski definition) is 2. The Morgan fingerprint density at radius 2 is 1.70 bits per heavy atom. The summed E-state index contributed by atoms with van der Waals surface area (Å²) in [5, 5.41) is 14.5. The smallest absolute Gasteiger partial charge is 0.255 e. The van der Waals surface area contributed by atoms with Gasteiger partial charge in [-0.1, -0.05) is 54.6 Å². The maximum atomic E-state index is 12.9. The van der Waals surface area contributed by atoms with Crippen LogP contribution in [0, 0.1) is 0 Å². The molecule has 0 radical (unpaired) electrons. The number of amides is 1. The first-order valence-corrected chi connectivity index (χ1v) is 10.00. The van der Waals surface area contributed by atoms with E-state index in [1.54, 1.807) is 0 Å². The van der Waals surface area contributed by atoms with Crippen LogP contribution < -0.4 is 5.32 Å². The number of fused-ring (bicyclic) bond motifs is 1. The highest BCUT2D eigenvalue weighted by Gasteiger charge is 2.42. The van der Waals surface area contributed by atoms with Gasteiger partial charge in [-0.15, -0.1) is 0 Å². The molecule has 1 amide bonds. The number of rotatable bonds is 6. The summed E-state index contributed by atoms with van der Waals surface area (Å²) in [5.74, 6) is -0.118. The number of piperidine rings is 1. The van der Waals surface area contributed by atoms with Gasteiger partial charge < -0.3 is 15.3 Å². The molecule has 4 nitrogen and oxygen atoms in total. The molecule has 1 atom stereocenters. The van der Waals surface area contributed by atoms with Crippen molar-refractivity contribution < 1.29 is 9.90 Å². The Bertz CT molecular complexity index is 767. The molecule has 27 heavy (non-hydrogen) atoms. The summed E-state index contributed by atoms with van der Waals surface area (Å²) < 4.78 is 0. The van der Waals surface area contributed by atoms with Gasteiger partial charge in [-0.3, -0.25) is 4.79 Å². The molecule has 1 unspecified atom stereocenters. The van der Waals surface area contributed by atoms with Crippen LogP contribution in [-0.2, 0) is 24.1 Å². The number of nitrogens with zero attached hydrogens (tertiary/aromatic N) is 1. The Balaban J connectivity index is 1.32. The van der Waals surface area contributed by atoms with E-state index >= 15 is 0 Å². The van der Waals surface area contributed by atoms with Crippen LogP contribution in [0.3, 0.4) is 0 Å². The molecule has 4 heteroatoms. The number of carbonyl (C=O) groups is 1. The molecule has 0 bridgehead atoms. The van der Waals surface area contributed by atoms with E-state index < -0.39 is 5.60 Å². The fraction of sp³-hybridized carbons (Fsp3) is 0.435. The molecule has 0 saturated carbocycles. The van der Waals surface area contributed by atoms with Crippen LogP contribution in [0.1, 0.15) is 29.5 Å². The first kappa shape index (κ1) is 18.2. The van der Waals surface area contributed by atoms with Crippen molar-refractivity contribution in [2.45, 2.75) is 43.7 Å². The Kier molecular flexibility index (Phi) is 5.28. The largest absolute Gasteiger partial charge is 0.379 e. The van der Waals surface area contributed by atoms with Crippen LogP contribution >= 0.6 is 0 Å². The normalized spacial score (nSPS) is 22.9. The lowest BCUT2D eigenvalue weighted by molar-refractivity contribution is -0.156. The first-order chi connectivity index (χ1) is 13.1. The van der Waals surface area contributed by atoms with Gasteiger partial charge in [0.15, 0.2) is 5.60 Å². The molecule has 1 fully saturated rings. The number of nitrogens with one attached hydrogen (secondary N) is 1. The molecule has 2 aromatic carbocycles. The molecule has 0 aromatic heterocycles. The van der Waals surface area contributed by atoms with Gasteiger partial charge in [0, 0.05) is 25.7 Å². The van der Waals surface area contributed by atoms with Gasteiger partial charge in [0.2, 0.25) is 0 Å². The molecular formula is C23H28N2O2. The summed E-state index contributed by atoms with van der Waals surface area (Å²) in [7, 11) is 0. The van der Waals surface area contributed by atoms with E-state index in [2.05, 4.69) is 41.7 Å². The van der Waals surface area contributed by atoms with Crippen molar-refractivity contribution in [2.24, 2.45) is 0 Å². The highest BCUT2D eigenvalue weighted by molar-refractivity contribution is 5.86. The van der Waals surface area contributed by atoms with Crippen molar-refractivity contribution in [3.05, 3.63) is 71.3 Å². The topological polar surface area (TPSA) is 52.6 Å². The molecule has 1 aliphatic carbocycles. The monoisotopic (exact) mass is 364 g/mol. The van der Waals surface area contributed by atoms with Gasteiger partial charge in [0.25, 0.3) is 5.91 Å². The lowest BCUT2D eigenvalue weighted by atomic mass is 9.91. The van der Waals surface area contributed by atoms with Gasteiger partial charge in [-0.25, -0.2) is 0 Å². The molecule has 142 valence electrons. The Morgan fingerprint density at radius 1 is 1.04 bits per heavy atom. The summed E-state index contributed by atoms with van der Waals surface area (Å²) >= 11 is 0. The maximum Gasteiger partial charge on any atom is 0.255 e. The molecule has 2 aromatic rings. The van der Waals surface area contributed by atoms with Crippen molar-refractivity contribution in [1.29, 1.82) is 0 Å². The van der Waals surface area contributed by atoms with Crippen molar-refractivity contribution in [1.82, 2.24) is 10.2 Å². The Hall–Kier alpha value is -2.17. The van der Waals surface area contributed by atoms with Crippen molar-refractivity contribution in [2.75, 3.05) is 19.6 Å². The van der Waals surface area contributed by atoms with Crippen molar-refractivity contribution in [3.63, 3.8) is 0 Å². The van der Waals surface area contributed by atoms with Crippen molar-refractivity contribution >= 4 is 5.91 Å². The zero-order chi connectivity index (χ0) is 18.7. The third-order valence-electron chi connectivity index (χ3n) is 5.95. The second-order valence-electron chi connectivity index (χ2n) is 7.92. The fourth-order valence-electron chi connectivity index (χ4n) is 4.37. The van der Waals surface area contributed by atoms with E-state index in [0.717, 1.165) is 32.2 Å². The molecule has 1 heterocycles. The fourth-order valence-corrected chi connectivity index (χ4v) is 4.37. The predicted molar refractivity (Wildman–Crippen MR) is 107 cm³/mol. The standard InChI is InChI=1S/C23H28N2O2/c26-22-23(27,17-24-21-15-19-9-4-5-10-20(19)16-21)12-6-13-25(22)14-11-18-7-2-1-3-8-18/h1-5,7-10,21,24,27H,6,11-17H2. The second kappa shape index (κ2) is 7.83. The number of likely N-dealkylation sites (tertiary alicyclic amines) is 1. The third-order valence-corrected chi connectivity index (χ3v) is 5.95. The minimum atomic E-state index is -1.27. The maximum absolute atomic E-state index is 12.9. The van der Waals surface area contributed by atoms with E-state index in [-0.39, 0.29) is 5.91 Å². The van der Waals surface area contributed by atoms with E-state index in [1.165, 1.54) is 16.7 Å². The van der Waals surface area contributed by atoms with Crippen LogP contribution in [0.4, 0.5) is 0 Å². The highest BCUT2D eigenvalue weighted by atomic mass is 16.3. The summed E-state index contributed by atoms with van der Waals surface area (Å²) in [4.78, 5) is 14.8. The number of hydrogen-bond acceptors (Lipinski definition) is 3. The molecule has 2 aliphatic rings. The average molecular weight is 364 g/mol. The first-order valence-electron chi connectivity index (χ1n) is 10.00. The average Bonchev–Trinajstić information content (AvgIpc) is 3.12. The van der Waals surface area contributed by atoms with Gasteiger partial charge in [0.1, 0.15) is 0 Å². The molecule has 2 N–H and O–H groups in total. The summed E-state index contributed by atoms with van der Waals surface area (Å²) in [6.07, 6.45) is 4.16. The zero-order valence-corrected chi connectivity index (χ0v) is 15.7. The van der Waals surface area contributed by atoms with E-state index in [1.807, 2.05) is 23.1 Å². The van der Waals surface area contributed by atoms with Crippen LogP contribution in [0.2, 0.25) is 0 Å². The number of carbonyl (C=O) groups excluding carboxylic acids is 1. The van der Waals surface area contributed by atoms with Crippen LogP contribution in [0.5, 0.6) is 0 Å². The third kappa shape index (κ3) is 4.07. The molecule has 0 spiro atoms. The number of benzene rings is 2. The van der Waals surface area contributed by atoms with Crippen LogP contribution in [0.25, 0.3) is 0 Å². The van der Waals surface area contributed by atoms with Crippen LogP contribution in [0.15, 0.2) is 54.6 Å². The highest BCUT2D eigenvalue weighted by Crippen LogP contribution is 2.25. The summed E-state index contributed by atoms with van der Waals surface area (Å²) in [6, 6.07) is 19.0. The summed E-state index contributed by atoms with van der Waals surface area (Å²) in [5.41, 5.74) is 2.70. The quantitative estimate of drug-likeness (QED) is 0.827. The SMILES string of the molecule is O=C1N(CCc2ccccc2)CCCC1(O)CNC1Cc2ccccc2C1. The van der Waals surface area contributed by atoms with Crippen LogP contribution in [-0.4, -0.2) is 47.2 Å². The molecular weight excluding hydrogens is 336 g/mol. The van der Waals surface area contributed by atoms with E-state index in [9.17, 15) is 9.90 Å². The van der Waals surface area contributed by atoms with Gasteiger partial charge in [-0.2, -0.15) is 0 Å². The van der Waals surface area contributed by atoms with Gasteiger partial charge >= 0.3 is 0 Å². The lowest BCUT2D eigenvalue weighted by Gasteiger charge is -2.39. The molecule has 1 aliphatic heterocycles. The zero-order valence-electron chi connectivity index (χ0n) is 15.7. The lowest BCUT2D eigenvalue weighted by Crippen LogP contribution is -2.59. The molecule has 1 saturated heterocycles. The predicted octanol–water partition coefficient (Wildman–Crippen LogP) is 2.34. The number of aliphatic hydroxyl groups is 1. The van der Waals surface area contributed by atoms with Gasteiger partial charge in [-0.05, 0) is 48.8 Å². The van der Waals surface area contributed by atoms with E-state index in [4.69, 9.17) is 0 Å². The Morgan fingerprint density at radius 3 is 2.41 bits per heavy atom. The van der Waals surface area contributed by atoms with E-state index in [0.29, 0.717) is 25.6 Å². The minimum absolute atomic E-state index is 0.118. The Labute approximate surface area is 161 Å². The van der Waals surface area contributed by atoms with Gasteiger partial charge in [0.05, 0.1) is 0 Å². The summed E-state index contributed by atoms with van der Waals surface area (Å²) in [6.45, 7) is 1.75. The second-order valence-corrected chi connectivity index (χ2v) is 7.92. The van der Waals surface area contributed by atoms with Crippen molar-refractivity contribution in [3.8, 4) is 0 Å². The molecule has 4 rings (SSSR count).